The molecule has 26 heavy (non-hydrogen) atoms. The van der Waals surface area contributed by atoms with Crippen LogP contribution >= 0.6 is 11.8 Å². The fourth-order valence-electron chi connectivity index (χ4n) is 2.46. The molecular weight excluding hydrogens is 342 g/mol. The lowest BCUT2D eigenvalue weighted by atomic mass is 10.2. The van der Waals surface area contributed by atoms with E-state index < -0.39 is 0 Å². The molecule has 0 saturated heterocycles. The third-order valence-corrected chi connectivity index (χ3v) is 5.06. The number of benzene rings is 2. The molecule has 0 saturated carbocycles. The summed E-state index contributed by atoms with van der Waals surface area (Å²) in [6.45, 7) is 0. The maximum Gasteiger partial charge on any atom is 0.256 e. The van der Waals surface area contributed by atoms with Gasteiger partial charge in [-0.3, -0.25) is 9.78 Å². The van der Waals surface area contributed by atoms with E-state index in [9.17, 15) is 4.79 Å². The Morgan fingerprint density at radius 2 is 1.69 bits per heavy atom. The number of amides is 1. The number of thioether (sulfide) groups is 1. The zero-order valence-corrected chi connectivity index (χ0v) is 15.7. The molecule has 5 heteroatoms. The van der Waals surface area contributed by atoms with Crippen LogP contribution in [0.4, 0.5) is 11.4 Å². The molecule has 0 aliphatic heterocycles. The van der Waals surface area contributed by atoms with E-state index in [0.717, 1.165) is 22.0 Å². The molecule has 3 aromatic rings. The summed E-state index contributed by atoms with van der Waals surface area (Å²) < 4.78 is 0. The number of anilines is 2. The van der Waals surface area contributed by atoms with Gasteiger partial charge >= 0.3 is 0 Å². The lowest BCUT2D eigenvalue weighted by Gasteiger charge is -2.13. The third-order valence-electron chi connectivity index (χ3n) is 3.92. The largest absolute Gasteiger partial charge is 0.378 e. The van der Waals surface area contributed by atoms with E-state index in [-0.39, 0.29) is 5.91 Å². The number of hydrogen-bond acceptors (Lipinski definition) is 4. The van der Waals surface area contributed by atoms with Crippen LogP contribution in [0.2, 0.25) is 0 Å². The molecule has 1 N–H and O–H groups in total. The van der Waals surface area contributed by atoms with Crippen molar-refractivity contribution in [1.29, 1.82) is 0 Å². The highest BCUT2D eigenvalue weighted by molar-refractivity contribution is 7.98. The summed E-state index contributed by atoms with van der Waals surface area (Å²) >= 11 is 1.65. The highest BCUT2D eigenvalue weighted by atomic mass is 32.2. The summed E-state index contributed by atoms with van der Waals surface area (Å²) in [4.78, 5) is 19.7. The number of aromatic nitrogens is 1. The molecule has 1 aromatic heterocycles. The first-order valence-electron chi connectivity index (χ1n) is 8.33. The van der Waals surface area contributed by atoms with Gasteiger partial charge in [0.2, 0.25) is 0 Å². The lowest BCUT2D eigenvalue weighted by Crippen LogP contribution is -2.13. The molecule has 0 spiro atoms. The number of nitrogens with zero attached hydrogens (tertiary/aromatic N) is 2. The maximum atomic E-state index is 12.7. The van der Waals surface area contributed by atoms with Crippen molar-refractivity contribution in [3.8, 4) is 0 Å². The number of carbonyl (C=O) groups excluding carboxylic acids is 1. The molecule has 132 valence electrons. The molecule has 0 aliphatic carbocycles. The van der Waals surface area contributed by atoms with Crippen LogP contribution < -0.4 is 10.2 Å². The normalized spacial score (nSPS) is 10.4. The topological polar surface area (TPSA) is 45.2 Å². The predicted octanol–water partition coefficient (Wildman–Crippen LogP) is 4.69. The minimum atomic E-state index is -0.0968. The van der Waals surface area contributed by atoms with Crippen LogP contribution in [0.15, 0.2) is 78.0 Å². The van der Waals surface area contributed by atoms with Crippen LogP contribution in [0.1, 0.15) is 15.9 Å². The molecule has 0 unspecified atom stereocenters. The third kappa shape index (κ3) is 4.64. The standard InChI is InChI=1S/C21H21N3OS/c1-24(2)18-9-7-17(8-10-18)23-21(25)19-5-3-4-6-20(19)26-15-16-11-13-22-14-12-16/h3-14H,15H2,1-2H3,(H,23,25). The monoisotopic (exact) mass is 363 g/mol. The minimum absolute atomic E-state index is 0.0968. The predicted molar refractivity (Wildman–Crippen MR) is 109 cm³/mol. The summed E-state index contributed by atoms with van der Waals surface area (Å²) in [5.41, 5.74) is 3.74. The highest BCUT2D eigenvalue weighted by Gasteiger charge is 2.12. The fourth-order valence-corrected chi connectivity index (χ4v) is 3.47. The van der Waals surface area contributed by atoms with E-state index >= 15 is 0 Å². The first kappa shape index (κ1) is 18.0. The first-order chi connectivity index (χ1) is 12.6. The van der Waals surface area contributed by atoms with E-state index in [1.165, 1.54) is 5.56 Å². The molecule has 0 aliphatic rings. The summed E-state index contributed by atoms with van der Waals surface area (Å²) in [7, 11) is 3.98. The molecule has 4 nitrogen and oxygen atoms in total. The average Bonchev–Trinajstić information content (AvgIpc) is 2.68. The van der Waals surface area contributed by atoms with E-state index in [2.05, 4.69) is 10.3 Å². The van der Waals surface area contributed by atoms with Crippen molar-refractivity contribution in [2.24, 2.45) is 0 Å². The zero-order valence-electron chi connectivity index (χ0n) is 14.8. The average molecular weight is 363 g/mol. The van der Waals surface area contributed by atoms with Crippen molar-refractivity contribution in [2.75, 3.05) is 24.3 Å². The number of hydrogen-bond donors (Lipinski definition) is 1. The molecule has 3 rings (SSSR count). The number of nitrogens with one attached hydrogen (secondary N) is 1. The molecule has 0 bridgehead atoms. The second-order valence-electron chi connectivity index (χ2n) is 6.04. The molecule has 0 fully saturated rings. The second-order valence-corrected chi connectivity index (χ2v) is 7.05. The van der Waals surface area contributed by atoms with Crippen LogP contribution in [-0.2, 0) is 5.75 Å². The number of pyridine rings is 1. The van der Waals surface area contributed by atoms with Gasteiger partial charge in [0.15, 0.2) is 0 Å². The van der Waals surface area contributed by atoms with Gasteiger partial charge in [-0.05, 0) is 54.1 Å². The molecule has 0 radical (unpaired) electrons. The molecule has 1 heterocycles. The van der Waals surface area contributed by atoms with Crippen LogP contribution in [-0.4, -0.2) is 25.0 Å². The second kappa shape index (κ2) is 8.54. The van der Waals surface area contributed by atoms with Gasteiger partial charge in [-0.15, -0.1) is 11.8 Å². The molecule has 2 aromatic carbocycles. The van der Waals surface area contributed by atoms with Gasteiger partial charge < -0.3 is 10.2 Å². The van der Waals surface area contributed by atoms with Crippen molar-refractivity contribution in [3.05, 3.63) is 84.2 Å². The van der Waals surface area contributed by atoms with Crippen molar-refractivity contribution in [2.45, 2.75) is 10.6 Å². The quantitative estimate of drug-likeness (QED) is 0.645. The van der Waals surface area contributed by atoms with Gasteiger partial charge in [-0.25, -0.2) is 0 Å². The molecule has 1 amide bonds. The summed E-state index contributed by atoms with van der Waals surface area (Å²) in [5, 5.41) is 2.98. The minimum Gasteiger partial charge on any atom is -0.378 e. The Balaban J connectivity index is 1.71. The summed E-state index contributed by atoms with van der Waals surface area (Å²) in [5.74, 6) is 0.699. The van der Waals surface area contributed by atoms with Crippen molar-refractivity contribution in [3.63, 3.8) is 0 Å². The van der Waals surface area contributed by atoms with Gasteiger partial charge in [0.25, 0.3) is 5.91 Å². The van der Waals surface area contributed by atoms with Gasteiger partial charge in [0, 0.05) is 48.5 Å². The Kier molecular flexibility index (Phi) is 5.92. The van der Waals surface area contributed by atoms with Crippen LogP contribution in [0.3, 0.4) is 0 Å². The van der Waals surface area contributed by atoms with Crippen LogP contribution in [0, 0.1) is 0 Å². The van der Waals surface area contributed by atoms with Gasteiger partial charge in [-0.1, -0.05) is 12.1 Å². The highest BCUT2D eigenvalue weighted by Crippen LogP contribution is 2.27. The smallest absolute Gasteiger partial charge is 0.256 e. The van der Waals surface area contributed by atoms with Crippen LogP contribution in [0.5, 0.6) is 0 Å². The van der Waals surface area contributed by atoms with E-state index in [1.807, 2.05) is 79.7 Å². The Morgan fingerprint density at radius 1 is 1.00 bits per heavy atom. The first-order valence-corrected chi connectivity index (χ1v) is 9.31. The summed E-state index contributed by atoms with van der Waals surface area (Å²) in [6.07, 6.45) is 3.57. The van der Waals surface area contributed by atoms with E-state index in [0.29, 0.717) is 5.56 Å². The van der Waals surface area contributed by atoms with E-state index in [4.69, 9.17) is 0 Å². The van der Waals surface area contributed by atoms with E-state index in [1.54, 1.807) is 24.2 Å². The van der Waals surface area contributed by atoms with Gasteiger partial charge in [0.05, 0.1) is 5.56 Å². The Morgan fingerprint density at radius 3 is 2.38 bits per heavy atom. The SMILES string of the molecule is CN(C)c1ccc(NC(=O)c2ccccc2SCc2ccncc2)cc1. The summed E-state index contributed by atoms with van der Waals surface area (Å²) in [6, 6.07) is 19.5. The lowest BCUT2D eigenvalue weighted by molar-refractivity contribution is 0.102. The zero-order chi connectivity index (χ0) is 18.4. The van der Waals surface area contributed by atoms with Crippen molar-refractivity contribution >= 4 is 29.0 Å². The van der Waals surface area contributed by atoms with Gasteiger partial charge in [-0.2, -0.15) is 0 Å². The molecule has 0 atom stereocenters. The number of rotatable bonds is 6. The Labute approximate surface area is 158 Å². The van der Waals surface area contributed by atoms with Gasteiger partial charge in [0.1, 0.15) is 0 Å². The maximum absolute atomic E-state index is 12.7. The molecular formula is C21H21N3OS. The fraction of sp³-hybridized carbons (Fsp3) is 0.143. The van der Waals surface area contributed by atoms with Crippen LogP contribution in [0.25, 0.3) is 0 Å². The number of carbonyl (C=O) groups is 1. The Bertz CT molecular complexity index is 864. The van der Waals surface area contributed by atoms with Crippen molar-refractivity contribution in [1.82, 2.24) is 4.98 Å². The Hall–Kier alpha value is -2.79. The van der Waals surface area contributed by atoms with Crippen molar-refractivity contribution < 1.29 is 4.79 Å².